The molecule has 0 spiro atoms. The van der Waals surface area contributed by atoms with E-state index in [4.69, 9.17) is 5.11 Å². The van der Waals surface area contributed by atoms with Gasteiger partial charge in [0.1, 0.15) is 0 Å². The molecule has 0 aliphatic rings. The smallest absolute Gasteiger partial charge is 0.448 e. The lowest BCUT2D eigenvalue weighted by atomic mass is 10.2. The minimum absolute atomic E-state index is 0.323. The molecule has 0 amide bonds. The van der Waals surface area contributed by atoms with Gasteiger partial charge < -0.3 is 5.11 Å². The molecule has 0 radical (unpaired) electrons. The fraction of sp³-hybridized carbons (Fsp3) is 0.625. The Labute approximate surface area is 71.7 Å². The predicted octanol–water partition coefficient (Wildman–Crippen LogP) is 2.36. The third-order valence-corrected chi connectivity index (χ3v) is 1.21. The molecule has 0 rings (SSSR count). The van der Waals surface area contributed by atoms with Crippen molar-refractivity contribution in [1.29, 1.82) is 0 Å². The van der Waals surface area contributed by atoms with Crippen molar-refractivity contribution in [2.24, 2.45) is 0 Å². The Morgan fingerprint density at radius 3 is 2.83 bits per heavy atom. The first kappa shape index (κ1) is 11.0. The molecule has 0 saturated heterocycles. The highest BCUT2D eigenvalue weighted by Crippen LogP contribution is 1.97. The van der Waals surface area contributed by atoms with Gasteiger partial charge in [0.25, 0.3) is 0 Å². The van der Waals surface area contributed by atoms with E-state index in [9.17, 15) is 4.79 Å². The van der Waals surface area contributed by atoms with Crippen LogP contribution in [0.4, 0.5) is 4.79 Å². The van der Waals surface area contributed by atoms with Gasteiger partial charge in [-0.25, -0.2) is 4.79 Å². The standard InChI is InChI=1S/C8H14O4/c1-2-3-4-5-6-7-11-12-8(9)10/h2-3H,4-7H2,1H3,(H,9,10). The minimum atomic E-state index is -1.40. The molecule has 0 saturated carbocycles. The molecule has 0 atom stereocenters. The zero-order chi connectivity index (χ0) is 9.23. The molecule has 4 nitrogen and oxygen atoms in total. The molecule has 0 aliphatic carbocycles. The van der Waals surface area contributed by atoms with Crippen molar-refractivity contribution in [3.63, 3.8) is 0 Å². The number of carboxylic acid groups (broad SMARTS) is 1. The van der Waals surface area contributed by atoms with Crippen LogP contribution in [0.1, 0.15) is 26.2 Å². The van der Waals surface area contributed by atoms with Gasteiger partial charge in [-0.15, -0.1) is 0 Å². The monoisotopic (exact) mass is 174 g/mol. The van der Waals surface area contributed by atoms with Crippen LogP contribution in [0.2, 0.25) is 0 Å². The summed E-state index contributed by atoms with van der Waals surface area (Å²) in [6, 6.07) is 0. The van der Waals surface area contributed by atoms with E-state index in [-0.39, 0.29) is 0 Å². The lowest BCUT2D eigenvalue weighted by Gasteiger charge is -1.98. The predicted molar refractivity (Wildman–Crippen MR) is 43.7 cm³/mol. The first-order chi connectivity index (χ1) is 5.77. The molecule has 4 heteroatoms. The lowest BCUT2D eigenvalue weighted by molar-refractivity contribution is -0.251. The highest BCUT2D eigenvalue weighted by molar-refractivity contribution is 5.55. The highest BCUT2D eigenvalue weighted by Gasteiger charge is 1.95. The van der Waals surface area contributed by atoms with E-state index in [1.807, 2.05) is 13.0 Å². The summed E-state index contributed by atoms with van der Waals surface area (Å²) in [5, 5.41) is 8.00. The number of rotatable bonds is 6. The van der Waals surface area contributed by atoms with Crippen LogP contribution in [0.5, 0.6) is 0 Å². The molecule has 0 aromatic rings. The van der Waals surface area contributed by atoms with Gasteiger partial charge in [-0.2, -0.15) is 4.89 Å². The summed E-state index contributed by atoms with van der Waals surface area (Å²) < 4.78 is 0. The Kier molecular flexibility index (Phi) is 7.38. The summed E-state index contributed by atoms with van der Waals surface area (Å²) in [5.41, 5.74) is 0. The van der Waals surface area contributed by atoms with Gasteiger partial charge in [-0.1, -0.05) is 12.2 Å². The number of carbonyl (C=O) groups is 1. The van der Waals surface area contributed by atoms with Crippen LogP contribution in [0.15, 0.2) is 12.2 Å². The van der Waals surface area contributed by atoms with E-state index in [2.05, 4.69) is 15.9 Å². The van der Waals surface area contributed by atoms with Crippen LogP contribution in [0.25, 0.3) is 0 Å². The fourth-order valence-electron chi connectivity index (χ4n) is 0.682. The van der Waals surface area contributed by atoms with E-state index >= 15 is 0 Å². The molecule has 0 bridgehead atoms. The van der Waals surface area contributed by atoms with Crippen LogP contribution in [-0.4, -0.2) is 17.9 Å². The van der Waals surface area contributed by atoms with Crippen molar-refractivity contribution >= 4 is 6.16 Å². The number of hydrogen-bond acceptors (Lipinski definition) is 3. The van der Waals surface area contributed by atoms with E-state index in [1.54, 1.807) is 0 Å². The molecular weight excluding hydrogens is 160 g/mol. The van der Waals surface area contributed by atoms with Gasteiger partial charge in [-0.05, 0) is 26.2 Å². The lowest BCUT2D eigenvalue weighted by Crippen LogP contribution is -2.02. The number of unbranched alkanes of at least 4 members (excludes halogenated alkanes) is 2. The number of allylic oxidation sites excluding steroid dienone is 2. The Morgan fingerprint density at radius 1 is 1.50 bits per heavy atom. The van der Waals surface area contributed by atoms with Crippen LogP contribution in [0.3, 0.4) is 0 Å². The Balaban J connectivity index is 2.96. The third-order valence-electron chi connectivity index (χ3n) is 1.21. The third kappa shape index (κ3) is 8.97. The zero-order valence-electron chi connectivity index (χ0n) is 7.16. The van der Waals surface area contributed by atoms with Gasteiger partial charge in [0.2, 0.25) is 0 Å². The minimum Gasteiger partial charge on any atom is -0.448 e. The fourth-order valence-corrected chi connectivity index (χ4v) is 0.682. The average molecular weight is 174 g/mol. The van der Waals surface area contributed by atoms with E-state index in [1.165, 1.54) is 0 Å². The van der Waals surface area contributed by atoms with E-state index in [0.717, 1.165) is 19.3 Å². The van der Waals surface area contributed by atoms with Crippen LogP contribution in [0, 0.1) is 0 Å². The van der Waals surface area contributed by atoms with Crippen molar-refractivity contribution in [3.8, 4) is 0 Å². The maximum absolute atomic E-state index is 9.78. The topological polar surface area (TPSA) is 55.8 Å². The largest absolute Gasteiger partial charge is 0.537 e. The van der Waals surface area contributed by atoms with Crippen molar-refractivity contribution in [2.75, 3.05) is 6.61 Å². The summed E-state index contributed by atoms with van der Waals surface area (Å²) in [7, 11) is 0. The van der Waals surface area contributed by atoms with Crippen molar-refractivity contribution in [2.45, 2.75) is 26.2 Å². The van der Waals surface area contributed by atoms with E-state index in [0.29, 0.717) is 6.61 Å². The first-order valence-corrected chi connectivity index (χ1v) is 3.91. The SMILES string of the molecule is CC=CCCCCOOC(=O)O. The van der Waals surface area contributed by atoms with Gasteiger partial charge in [-0.3, -0.25) is 4.89 Å². The van der Waals surface area contributed by atoms with Gasteiger partial charge >= 0.3 is 6.16 Å². The summed E-state index contributed by atoms with van der Waals surface area (Å²) in [5.74, 6) is 0. The zero-order valence-corrected chi connectivity index (χ0v) is 7.16. The summed E-state index contributed by atoms with van der Waals surface area (Å²) in [4.78, 5) is 18.0. The second-order valence-corrected chi connectivity index (χ2v) is 2.24. The molecule has 0 aromatic heterocycles. The Bertz CT molecular complexity index is 142. The molecule has 12 heavy (non-hydrogen) atoms. The first-order valence-electron chi connectivity index (χ1n) is 3.91. The Hall–Kier alpha value is -1.03. The highest BCUT2D eigenvalue weighted by atomic mass is 17.2. The molecule has 0 aromatic carbocycles. The van der Waals surface area contributed by atoms with Crippen molar-refractivity contribution in [1.82, 2.24) is 0 Å². The second-order valence-electron chi connectivity index (χ2n) is 2.24. The van der Waals surface area contributed by atoms with Gasteiger partial charge in [0, 0.05) is 0 Å². The summed E-state index contributed by atoms with van der Waals surface area (Å²) in [6.45, 7) is 2.29. The molecule has 70 valence electrons. The van der Waals surface area contributed by atoms with Gasteiger partial charge in [0.15, 0.2) is 0 Å². The summed E-state index contributed by atoms with van der Waals surface area (Å²) >= 11 is 0. The molecule has 0 unspecified atom stereocenters. The molecule has 0 heterocycles. The maximum atomic E-state index is 9.78. The molecule has 0 aliphatic heterocycles. The van der Waals surface area contributed by atoms with Crippen LogP contribution < -0.4 is 0 Å². The van der Waals surface area contributed by atoms with Gasteiger partial charge in [0.05, 0.1) is 6.61 Å². The molecular formula is C8H14O4. The molecule has 1 N–H and O–H groups in total. The van der Waals surface area contributed by atoms with Crippen LogP contribution >= 0.6 is 0 Å². The summed E-state index contributed by atoms with van der Waals surface area (Å²) in [6.07, 6.45) is 5.41. The normalized spacial score (nSPS) is 10.4. The average Bonchev–Trinajstić information content (AvgIpc) is 2.02. The van der Waals surface area contributed by atoms with E-state index < -0.39 is 6.16 Å². The van der Waals surface area contributed by atoms with Crippen LogP contribution in [-0.2, 0) is 9.78 Å². The second kappa shape index (κ2) is 8.07. The van der Waals surface area contributed by atoms with Crippen molar-refractivity contribution < 1.29 is 19.7 Å². The van der Waals surface area contributed by atoms with Crippen molar-refractivity contribution in [3.05, 3.63) is 12.2 Å². The molecule has 0 fully saturated rings. The maximum Gasteiger partial charge on any atom is 0.537 e. The Morgan fingerprint density at radius 2 is 2.25 bits per heavy atom. The number of hydrogen-bond donors (Lipinski definition) is 1. The quantitative estimate of drug-likeness (QED) is 0.290.